The van der Waals surface area contributed by atoms with Gasteiger partial charge in [-0.2, -0.15) is 0 Å². The van der Waals surface area contributed by atoms with Crippen molar-refractivity contribution in [2.45, 2.75) is 44.8 Å². The molecule has 0 aromatic carbocycles. The van der Waals surface area contributed by atoms with Crippen LogP contribution in [0.3, 0.4) is 0 Å². The van der Waals surface area contributed by atoms with Crippen LogP contribution in [-0.4, -0.2) is 36.5 Å². The molecule has 19 heavy (non-hydrogen) atoms. The fourth-order valence-electron chi connectivity index (χ4n) is 2.36. The van der Waals surface area contributed by atoms with E-state index in [1.54, 1.807) is 6.20 Å². The Labute approximate surface area is 114 Å². The summed E-state index contributed by atoms with van der Waals surface area (Å²) in [7, 11) is -0.316. The molecule has 2 aliphatic rings. The molecule has 0 atom stereocenters. The maximum atomic E-state index is 6.12. The number of nitrogens with zero attached hydrogens (tertiary/aromatic N) is 1. The van der Waals surface area contributed by atoms with Crippen LogP contribution in [0.25, 0.3) is 0 Å². The summed E-state index contributed by atoms with van der Waals surface area (Å²) >= 11 is 0. The second-order valence-electron chi connectivity index (χ2n) is 6.33. The highest BCUT2D eigenvalue weighted by atomic mass is 16.7. The third-order valence-corrected chi connectivity index (χ3v) is 4.47. The molecule has 0 spiro atoms. The van der Waals surface area contributed by atoms with E-state index < -0.39 is 0 Å². The van der Waals surface area contributed by atoms with Gasteiger partial charge in [0, 0.05) is 18.3 Å². The number of aromatic nitrogens is 1. The molecule has 0 bridgehead atoms. The lowest BCUT2D eigenvalue weighted by Gasteiger charge is -2.32. The van der Waals surface area contributed by atoms with Crippen molar-refractivity contribution < 1.29 is 14.0 Å². The summed E-state index contributed by atoms with van der Waals surface area (Å²) < 4.78 is 17.5. The minimum absolute atomic E-state index is 0.311. The molecule has 3 rings (SSSR count). The normalized spacial score (nSPS) is 25.4. The van der Waals surface area contributed by atoms with Gasteiger partial charge in [0.2, 0.25) is 0 Å². The zero-order valence-corrected chi connectivity index (χ0v) is 12.0. The van der Waals surface area contributed by atoms with Crippen LogP contribution in [0.4, 0.5) is 0 Å². The molecule has 102 valence electrons. The standard InChI is InChI=1S/C14H20BNO3/c1-13(2)14(3,4)19-15(18-13)12-5-6-16-7-11(12)10-8-17-9-10/h5-7,10H,8-9H2,1-4H3. The van der Waals surface area contributed by atoms with E-state index in [9.17, 15) is 0 Å². The van der Waals surface area contributed by atoms with E-state index in [2.05, 4.69) is 32.7 Å². The summed E-state index contributed by atoms with van der Waals surface area (Å²) in [5, 5.41) is 0. The largest absolute Gasteiger partial charge is 0.495 e. The molecule has 5 heteroatoms. The van der Waals surface area contributed by atoms with Gasteiger partial charge in [0.15, 0.2) is 0 Å². The number of hydrogen-bond acceptors (Lipinski definition) is 4. The molecule has 3 heterocycles. The van der Waals surface area contributed by atoms with Crippen molar-refractivity contribution in [3.63, 3.8) is 0 Å². The summed E-state index contributed by atoms with van der Waals surface area (Å²) in [5.41, 5.74) is 1.65. The Kier molecular flexibility index (Phi) is 2.96. The summed E-state index contributed by atoms with van der Waals surface area (Å²) in [6, 6.07) is 2.00. The summed E-state index contributed by atoms with van der Waals surface area (Å²) in [6.07, 6.45) is 3.71. The second kappa shape index (κ2) is 4.30. The number of pyridine rings is 1. The van der Waals surface area contributed by atoms with E-state index in [1.165, 1.54) is 5.56 Å². The Bertz CT molecular complexity index is 469. The zero-order valence-electron chi connectivity index (χ0n) is 12.0. The highest BCUT2D eigenvalue weighted by Crippen LogP contribution is 2.37. The quantitative estimate of drug-likeness (QED) is 0.756. The molecule has 2 saturated heterocycles. The summed E-state index contributed by atoms with van der Waals surface area (Å²) in [5.74, 6) is 0.419. The van der Waals surface area contributed by atoms with E-state index in [4.69, 9.17) is 14.0 Å². The monoisotopic (exact) mass is 261 g/mol. The van der Waals surface area contributed by atoms with Crippen molar-refractivity contribution in [3.05, 3.63) is 24.0 Å². The Balaban J connectivity index is 1.91. The topological polar surface area (TPSA) is 40.6 Å². The third kappa shape index (κ3) is 2.10. The Hall–Kier alpha value is -0.905. The first-order chi connectivity index (χ1) is 8.91. The molecule has 1 aromatic heterocycles. The third-order valence-electron chi connectivity index (χ3n) is 4.47. The van der Waals surface area contributed by atoms with Crippen molar-refractivity contribution in [3.8, 4) is 0 Å². The average Bonchev–Trinajstić information content (AvgIpc) is 2.46. The van der Waals surface area contributed by atoms with Crippen LogP contribution in [0.1, 0.15) is 39.2 Å². The summed E-state index contributed by atoms with van der Waals surface area (Å²) in [4.78, 5) is 4.23. The van der Waals surface area contributed by atoms with Crippen LogP contribution in [0.2, 0.25) is 0 Å². The van der Waals surface area contributed by atoms with Gasteiger partial charge in [0.25, 0.3) is 0 Å². The molecule has 1 aromatic rings. The van der Waals surface area contributed by atoms with E-state index >= 15 is 0 Å². The predicted molar refractivity (Wildman–Crippen MR) is 73.5 cm³/mol. The van der Waals surface area contributed by atoms with Crippen molar-refractivity contribution >= 4 is 12.6 Å². The Morgan fingerprint density at radius 3 is 2.32 bits per heavy atom. The highest BCUT2D eigenvalue weighted by Gasteiger charge is 2.52. The number of rotatable bonds is 2. The predicted octanol–water partition coefficient (Wildman–Crippen LogP) is 1.49. The van der Waals surface area contributed by atoms with Gasteiger partial charge in [-0.1, -0.05) is 0 Å². The second-order valence-corrected chi connectivity index (χ2v) is 6.33. The average molecular weight is 261 g/mol. The fourth-order valence-corrected chi connectivity index (χ4v) is 2.36. The molecule has 2 fully saturated rings. The van der Waals surface area contributed by atoms with Crippen LogP contribution in [0, 0.1) is 0 Å². The first kappa shape index (κ1) is 13.1. The molecule has 2 aliphatic heterocycles. The van der Waals surface area contributed by atoms with Crippen LogP contribution >= 0.6 is 0 Å². The Morgan fingerprint density at radius 2 is 1.79 bits per heavy atom. The van der Waals surface area contributed by atoms with E-state index in [0.29, 0.717) is 5.92 Å². The zero-order chi connectivity index (χ0) is 13.7. The lowest BCUT2D eigenvalue weighted by atomic mass is 9.73. The molecular weight excluding hydrogens is 241 g/mol. The lowest BCUT2D eigenvalue weighted by molar-refractivity contribution is 0.00578. The maximum Gasteiger partial charge on any atom is 0.495 e. The van der Waals surface area contributed by atoms with Gasteiger partial charge in [0.05, 0.1) is 24.4 Å². The first-order valence-corrected chi connectivity index (χ1v) is 6.78. The van der Waals surface area contributed by atoms with E-state index in [0.717, 1.165) is 18.7 Å². The van der Waals surface area contributed by atoms with Gasteiger partial charge < -0.3 is 14.0 Å². The SMILES string of the molecule is CC1(C)OB(c2ccncc2C2COC2)OC1(C)C. The van der Waals surface area contributed by atoms with E-state index in [-0.39, 0.29) is 18.3 Å². The fraction of sp³-hybridized carbons (Fsp3) is 0.643. The molecular formula is C14H20BNO3. The minimum atomic E-state index is -0.316. The lowest BCUT2D eigenvalue weighted by Crippen LogP contribution is -2.41. The maximum absolute atomic E-state index is 6.12. The van der Waals surface area contributed by atoms with Gasteiger partial charge in [-0.3, -0.25) is 4.98 Å². The molecule has 0 saturated carbocycles. The van der Waals surface area contributed by atoms with Crippen molar-refractivity contribution in [2.75, 3.05) is 13.2 Å². The smallest absolute Gasteiger partial charge is 0.399 e. The van der Waals surface area contributed by atoms with Gasteiger partial charge in [-0.05, 0) is 44.8 Å². The molecule has 0 aliphatic carbocycles. The van der Waals surface area contributed by atoms with Crippen LogP contribution in [0.15, 0.2) is 18.5 Å². The van der Waals surface area contributed by atoms with Gasteiger partial charge >= 0.3 is 7.12 Å². The Morgan fingerprint density at radius 1 is 1.16 bits per heavy atom. The minimum Gasteiger partial charge on any atom is -0.399 e. The van der Waals surface area contributed by atoms with Crippen molar-refractivity contribution in [1.29, 1.82) is 0 Å². The van der Waals surface area contributed by atoms with Crippen LogP contribution in [-0.2, 0) is 14.0 Å². The van der Waals surface area contributed by atoms with Crippen molar-refractivity contribution in [2.24, 2.45) is 0 Å². The first-order valence-electron chi connectivity index (χ1n) is 6.78. The van der Waals surface area contributed by atoms with E-state index in [1.807, 2.05) is 12.3 Å². The van der Waals surface area contributed by atoms with Crippen LogP contribution < -0.4 is 5.46 Å². The molecule has 0 unspecified atom stereocenters. The molecule has 0 amide bonds. The van der Waals surface area contributed by atoms with Crippen LogP contribution in [0.5, 0.6) is 0 Å². The van der Waals surface area contributed by atoms with Gasteiger partial charge in [0.1, 0.15) is 0 Å². The highest BCUT2D eigenvalue weighted by molar-refractivity contribution is 6.62. The number of hydrogen-bond donors (Lipinski definition) is 0. The van der Waals surface area contributed by atoms with Crippen molar-refractivity contribution in [1.82, 2.24) is 4.98 Å². The molecule has 4 nitrogen and oxygen atoms in total. The summed E-state index contributed by atoms with van der Waals surface area (Å²) in [6.45, 7) is 9.80. The number of ether oxygens (including phenoxy) is 1. The van der Waals surface area contributed by atoms with Gasteiger partial charge in [-0.15, -0.1) is 0 Å². The molecule has 0 N–H and O–H groups in total. The molecule has 0 radical (unpaired) electrons. The van der Waals surface area contributed by atoms with Gasteiger partial charge in [-0.25, -0.2) is 0 Å².